The number of ether oxygens (including phenoxy) is 2. The maximum absolute atomic E-state index is 5.25. The molecule has 0 bridgehead atoms. The van der Waals surface area contributed by atoms with Crippen LogP contribution in [0.3, 0.4) is 0 Å². The lowest BCUT2D eigenvalue weighted by Gasteiger charge is -2.22. The van der Waals surface area contributed by atoms with Crippen LogP contribution in [0.25, 0.3) is 0 Å². The quantitative estimate of drug-likeness (QED) is 0.805. The molecule has 2 rings (SSSR count). The highest BCUT2D eigenvalue weighted by Crippen LogP contribution is 2.26. The van der Waals surface area contributed by atoms with Crippen LogP contribution in [0.5, 0.6) is 5.75 Å². The Morgan fingerprint density at radius 2 is 1.78 bits per heavy atom. The van der Waals surface area contributed by atoms with Crippen molar-refractivity contribution in [3.05, 3.63) is 53.8 Å². The van der Waals surface area contributed by atoms with Gasteiger partial charge in [0.25, 0.3) is 0 Å². The third-order valence-electron chi connectivity index (χ3n) is 3.48. The molecule has 18 heavy (non-hydrogen) atoms. The second-order valence-corrected chi connectivity index (χ2v) is 4.71. The van der Waals surface area contributed by atoms with Gasteiger partial charge in [-0.2, -0.15) is 0 Å². The SMILES string of the molecule is COC1=CC(C)C(Cc2ccc(OC)cc2)C=C1. The Morgan fingerprint density at radius 3 is 2.33 bits per heavy atom. The van der Waals surface area contributed by atoms with Gasteiger partial charge in [-0.25, -0.2) is 0 Å². The lowest BCUT2D eigenvalue weighted by atomic mass is 9.84. The van der Waals surface area contributed by atoms with Gasteiger partial charge in [0, 0.05) is 0 Å². The molecule has 1 aromatic carbocycles. The predicted octanol–water partition coefficient (Wildman–Crippen LogP) is 3.59. The predicted molar refractivity (Wildman–Crippen MR) is 73.6 cm³/mol. The Morgan fingerprint density at radius 1 is 1.06 bits per heavy atom. The fourth-order valence-corrected chi connectivity index (χ4v) is 2.26. The third kappa shape index (κ3) is 2.95. The number of allylic oxidation sites excluding steroid dienone is 3. The summed E-state index contributed by atoms with van der Waals surface area (Å²) in [4.78, 5) is 0. The second-order valence-electron chi connectivity index (χ2n) is 4.71. The summed E-state index contributed by atoms with van der Waals surface area (Å²) in [5.74, 6) is 2.92. The van der Waals surface area contributed by atoms with E-state index in [1.54, 1.807) is 14.2 Å². The topological polar surface area (TPSA) is 18.5 Å². The number of hydrogen-bond donors (Lipinski definition) is 0. The Balaban J connectivity index is 2.02. The van der Waals surface area contributed by atoms with E-state index in [1.807, 2.05) is 12.1 Å². The first-order valence-electron chi connectivity index (χ1n) is 6.30. The minimum atomic E-state index is 0.507. The van der Waals surface area contributed by atoms with Crippen molar-refractivity contribution >= 4 is 0 Å². The first kappa shape index (κ1) is 12.7. The van der Waals surface area contributed by atoms with Crippen LogP contribution in [0.1, 0.15) is 12.5 Å². The summed E-state index contributed by atoms with van der Waals surface area (Å²) in [6, 6.07) is 8.30. The molecule has 0 aliphatic heterocycles. The van der Waals surface area contributed by atoms with Crippen molar-refractivity contribution in [3.63, 3.8) is 0 Å². The molecule has 1 aliphatic carbocycles. The van der Waals surface area contributed by atoms with E-state index in [0.29, 0.717) is 11.8 Å². The van der Waals surface area contributed by atoms with Gasteiger partial charge in [0.05, 0.1) is 14.2 Å². The van der Waals surface area contributed by atoms with Crippen molar-refractivity contribution in [1.29, 1.82) is 0 Å². The molecule has 2 atom stereocenters. The van der Waals surface area contributed by atoms with Crippen molar-refractivity contribution < 1.29 is 9.47 Å². The Bertz CT molecular complexity index is 443. The van der Waals surface area contributed by atoms with Gasteiger partial charge in [-0.05, 0) is 48.1 Å². The Labute approximate surface area is 109 Å². The monoisotopic (exact) mass is 244 g/mol. The smallest absolute Gasteiger partial charge is 0.118 e. The lowest BCUT2D eigenvalue weighted by molar-refractivity contribution is 0.295. The minimum absolute atomic E-state index is 0.507. The van der Waals surface area contributed by atoms with Crippen LogP contribution in [0.15, 0.2) is 48.3 Å². The lowest BCUT2D eigenvalue weighted by Crippen LogP contribution is -2.14. The molecule has 0 N–H and O–H groups in total. The molecule has 1 aliphatic rings. The van der Waals surface area contributed by atoms with Crippen LogP contribution in [-0.4, -0.2) is 14.2 Å². The van der Waals surface area contributed by atoms with Gasteiger partial charge in [0.2, 0.25) is 0 Å². The summed E-state index contributed by atoms with van der Waals surface area (Å²) in [6.45, 7) is 2.23. The average Bonchev–Trinajstić information content (AvgIpc) is 2.42. The minimum Gasteiger partial charge on any atom is -0.497 e. The van der Waals surface area contributed by atoms with Gasteiger partial charge in [0.1, 0.15) is 11.5 Å². The second kappa shape index (κ2) is 5.76. The Hall–Kier alpha value is -1.70. The van der Waals surface area contributed by atoms with E-state index in [2.05, 4.69) is 37.3 Å². The van der Waals surface area contributed by atoms with E-state index in [0.717, 1.165) is 17.9 Å². The summed E-state index contributed by atoms with van der Waals surface area (Å²) in [5, 5.41) is 0. The molecule has 0 radical (unpaired) electrons. The zero-order chi connectivity index (χ0) is 13.0. The number of rotatable bonds is 4. The van der Waals surface area contributed by atoms with Crippen LogP contribution < -0.4 is 4.74 Å². The molecule has 2 unspecified atom stereocenters. The molecule has 0 saturated carbocycles. The van der Waals surface area contributed by atoms with E-state index in [1.165, 1.54) is 5.56 Å². The van der Waals surface area contributed by atoms with Crippen LogP contribution in [-0.2, 0) is 11.2 Å². The first-order valence-corrected chi connectivity index (χ1v) is 6.30. The Kier molecular flexibility index (Phi) is 4.08. The van der Waals surface area contributed by atoms with Gasteiger partial charge in [-0.15, -0.1) is 0 Å². The largest absolute Gasteiger partial charge is 0.497 e. The highest BCUT2D eigenvalue weighted by Gasteiger charge is 2.17. The van der Waals surface area contributed by atoms with Crippen LogP contribution in [0.2, 0.25) is 0 Å². The summed E-state index contributed by atoms with van der Waals surface area (Å²) >= 11 is 0. The summed E-state index contributed by atoms with van der Waals surface area (Å²) < 4.78 is 10.4. The van der Waals surface area contributed by atoms with Crippen LogP contribution in [0, 0.1) is 11.8 Å². The van der Waals surface area contributed by atoms with Gasteiger partial charge in [0.15, 0.2) is 0 Å². The van der Waals surface area contributed by atoms with Gasteiger partial charge in [-0.3, -0.25) is 0 Å². The number of methoxy groups -OCH3 is 2. The zero-order valence-electron chi connectivity index (χ0n) is 11.2. The van der Waals surface area contributed by atoms with E-state index in [-0.39, 0.29) is 0 Å². The molecular weight excluding hydrogens is 224 g/mol. The number of benzene rings is 1. The van der Waals surface area contributed by atoms with Crippen molar-refractivity contribution in [2.45, 2.75) is 13.3 Å². The van der Waals surface area contributed by atoms with Crippen LogP contribution >= 0.6 is 0 Å². The molecule has 0 heterocycles. The summed E-state index contributed by atoms with van der Waals surface area (Å²) in [6.07, 6.45) is 7.55. The molecule has 2 heteroatoms. The molecule has 0 amide bonds. The standard InChI is InChI=1S/C16H20O2/c1-12-10-16(18-3)9-6-14(12)11-13-4-7-15(17-2)8-5-13/h4-10,12,14H,11H2,1-3H3. The molecular formula is C16H20O2. The van der Waals surface area contributed by atoms with Crippen molar-refractivity contribution in [1.82, 2.24) is 0 Å². The highest BCUT2D eigenvalue weighted by molar-refractivity contribution is 5.29. The molecule has 0 fully saturated rings. The third-order valence-corrected chi connectivity index (χ3v) is 3.48. The van der Waals surface area contributed by atoms with Gasteiger partial charge < -0.3 is 9.47 Å². The molecule has 0 aromatic heterocycles. The van der Waals surface area contributed by atoms with Crippen molar-refractivity contribution in [2.24, 2.45) is 11.8 Å². The van der Waals surface area contributed by atoms with Crippen LogP contribution in [0.4, 0.5) is 0 Å². The molecule has 2 nitrogen and oxygen atoms in total. The maximum Gasteiger partial charge on any atom is 0.118 e. The fraction of sp³-hybridized carbons (Fsp3) is 0.375. The maximum atomic E-state index is 5.25. The van der Waals surface area contributed by atoms with E-state index in [4.69, 9.17) is 9.47 Å². The summed E-state index contributed by atoms with van der Waals surface area (Å²) in [5.41, 5.74) is 1.34. The van der Waals surface area contributed by atoms with E-state index < -0.39 is 0 Å². The van der Waals surface area contributed by atoms with E-state index >= 15 is 0 Å². The zero-order valence-corrected chi connectivity index (χ0v) is 11.2. The summed E-state index contributed by atoms with van der Waals surface area (Å²) in [7, 11) is 3.41. The normalized spacial score (nSPS) is 22.5. The van der Waals surface area contributed by atoms with Crippen molar-refractivity contribution in [3.8, 4) is 5.75 Å². The molecule has 0 spiro atoms. The fourth-order valence-electron chi connectivity index (χ4n) is 2.26. The highest BCUT2D eigenvalue weighted by atomic mass is 16.5. The van der Waals surface area contributed by atoms with Gasteiger partial charge in [-0.1, -0.05) is 25.1 Å². The first-order chi connectivity index (χ1) is 8.72. The average molecular weight is 244 g/mol. The van der Waals surface area contributed by atoms with Crippen molar-refractivity contribution in [2.75, 3.05) is 14.2 Å². The number of hydrogen-bond acceptors (Lipinski definition) is 2. The molecule has 0 saturated heterocycles. The van der Waals surface area contributed by atoms with E-state index in [9.17, 15) is 0 Å². The van der Waals surface area contributed by atoms with Gasteiger partial charge >= 0.3 is 0 Å². The molecule has 1 aromatic rings. The molecule has 96 valence electrons.